The fourth-order valence-corrected chi connectivity index (χ4v) is 1.62. The van der Waals surface area contributed by atoms with Gasteiger partial charge >= 0.3 is 18.9 Å². The van der Waals surface area contributed by atoms with Crippen LogP contribution in [0, 0.1) is 6.92 Å². The molecule has 1 nitrogen and oxygen atoms in total. The maximum absolute atomic E-state index is 5.69. The van der Waals surface area contributed by atoms with Crippen molar-refractivity contribution in [1.29, 1.82) is 0 Å². The first-order valence-corrected chi connectivity index (χ1v) is 7.09. The minimum absolute atomic E-state index is 0. The fraction of sp³-hybridized carbons (Fsp3) is 0.706. The largest absolute Gasteiger partial charge is 1.00 e. The van der Waals surface area contributed by atoms with Crippen molar-refractivity contribution in [3.63, 3.8) is 0 Å². The Labute approximate surface area is 133 Å². The topological polar surface area (TPSA) is 9.23 Å². The molecule has 0 unspecified atom stereocenters. The van der Waals surface area contributed by atoms with E-state index in [-0.39, 0.29) is 24.5 Å². The number of unbranched alkanes of at least 4 members (excludes halogenated alkanes) is 2. The normalized spacial score (nSPS) is 13.3. The van der Waals surface area contributed by atoms with Gasteiger partial charge in [0, 0.05) is 6.61 Å². The van der Waals surface area contributed by atoms with Gasteiger partial charge < -0.3 is 4.74 Å². The quantitative estimate of drug-likeness (QED) is 0.281. The zero-order valence-corrected chi connectivity index (χ0v) is 14.0. The van der Waals surface area contributed by atoms with Gasteiger partial charge in [-0.05, 0) is 53.4 Å². The Bertz CT molecular complexity index is 267. The number of ether oxygens (including phenoxy) is 1. The summed E-state index contributed by atoms with van der Waals surface area (Å²) in [5.74, 6) is 0. The van der Waals surface area contributed by atoms with Crippen molar-refractivity contribution in [2.45, 2.75) is 72.3 Å². The molecule has 0 fully saturated rings. The van der Waals surface area contributed by atoms with E-state index in [1.54, 1.807) is 0 Å². The Balaban J connectivity index is 0. The summed E-state index contributed by atoms with van der Waals surface area (Å²) in [6.45, 7) is 15.3. The number of allylic oxidation sites excluding steroid dienone is 4. The average molecular weight is 258 g/mol. The maximum atomic E-state index is 5.69. The van der Waals surface area contributed by atoms with Gasteiger partial charge in [0.2, 0.25) is 0 Å². The molecule has 0 heterocycles. The molecule has 2 heteroatoms. The van der Waals surface area contributed by atoms with Gasteiger partial charge in [0.15, 0.2) is 0 Å². The van der Waals surface area contributed by atoms with Crippen molar-refractivity contribution < 1.29 is 23.6 Å². The minimum atomic E-state index is 0. The van der Waals surface area contributed by atoms with E-state index in [9.17, 15) is 0 Å². The van der Waals surface area contributed by atoms with Crippen LogP contribution in [0.1, 0.15) is 66.7 Å². The van der Waals surface area contributed by atoms with Crippen molar-refractivity contribution in [2.75, 3.05) is 6.61 Å². The van der Waals surface area contributed by atoms with Crippen LogP contribution >= 0.6 is 0 Å². The predicted molar refractivity (Wildman–Crippen MR) is 81.7 cm³/mol. The molecular formula is C17H31LiO. The molecule has 0 aromatic heterocycles. The molecule has 0 aliphatic rings. The van der Waals surface area contributed by atoms with E-state index in [2.05, 4.69) is 46.8 Å². The third-order valence-corrected chi connectivity index (χ3v) is 2.66. The molecule has 0 amide bonds. The van der Waals surface area contributed by atoms with E-state index in [0.717, 1.165) is 25.9 Å². The molecule has 0 aromatic carbocycles. The molecule has 0 radical (unpaired) electrons. The Morgan fingerprint density at radius 2 is 1.68 bits per heavy atom. The van der Waals surface area contributed by atoms with Gasteiger partial charge in [-0.3, -0.25) is 0 Å². The van der Waals surface area contributed by atoms with Crippen LogP contribution in [-0.4, -0.2) is 12.2 Å². The Kier molecular flexibility index (Phi) is 13.1. The molecule has 0 N–H and O–H groups in total. The number of hydrogen-bond acceptors (Lipinski definition) is 1. The van der Waals surface area contributed by atoms with Gasteiger partial charge in [0.1, 0.15) is 0 Å². The summed E-state index contributed by atoms with van der Waals surface area (Å²) in [5.41, 5.74) is 2.66. The monoisotopic (exact) mass is 258 g/mol. The zero-order chi connectivity index (χ0) is 14.0. The van der Waals surface area contributed by atoms with Crippen LogP contribution < -0.4 is 18.9 Å². The second kappa shape index (κ2) is 11.7. The summed E-state index contributed by atoms with van der Waals surface area (Å²) in [6, 6.07) is 0. The summed E-state index contributed by atoms with van der Waals surface area (Å²) in [6.07, 6.45) is 10.4. The van der Waals surface area contributed by atoms with Gasteiger partial charge in [0.25, 0.3) is 0 Å². The van der Waals surface area contributed by atoms with Gasteiger partial charge in [-0.25, -0.2) is 18.6 Å². The molecule has 0 spiro atoms. The van der Waals surface area contributed by atoms with Crippen LogP contribution in [0.5, 0.6) is 0 Å². The fourth-order valence-electron chi connectivity index (χ4n) is 1.62. The smallest absolute Gasteiger partial charge is 0.376 e. The predicted octanol–water partition coefficient (Wildman–Crippen LogP) is 2.48. The van der Waals surface area contributed by atoms with E-state index in [0.29, 0.717) is 0 Å². The first-order valence-electron chi connectivity index (χ1n) is 7.09. The van der Waals surface area contributed by atoms with Gasteiger partial charge in [-0.2, -0.15) is 0 Å². The summed E-state index contributed by atoms with van der Waals surface area (Å²) >= 11 is 0. The minimum Gasteiger partial charge on any atom is -0.376 e. The molecule has 0 bridgehead atoms. The first kappa shape index (κ1) is 21.2. The van der Waals surface area contributed by atoms with E-state index in [1.807, 2.05) is 6.92 Å². The molecule has 0 aromatic rings. The van der Waals surface area contributed by atoms with Crippen molar-refractivity contribution in [2.24, 2.45) is 0 Å². The molecule has 0 aliphatic heterocycles. The summed E-state index contributed by atoms with van der Waals surface area (Å²) in [5, 5.41) is 0. The van der Waals surface area contributed by atoms with Crippen LogP contribution in [-0.2, 0) is 4.74 Å². The van der Waals surface area contributed by atoms with Crippen LogP contribution in [0.3, 0.4) is 0 Å². The average Bonchev–Trinajstić information content (AvgIpc) is 2.21. The van der Waals surface area contributed by atoms with E-state index in [4.69, 9.17) is 4.74 Å². The van der Waals surface area contributed by atoms with Gasteiger partial charge in [-0.15, -0.1) is 0 Å². The first-order chi connectivity index (χ1) is 8.31. The molecule has 0 saturated heterocycles. The Hall–Kier alpha value is -0.0926. The van der Waals surface area contributed by atoms with Crippen molar-refractivity contribution in [3.8, 4) is 0 Å². The second-order valence-electron chi connectivity index (χ2n) is 6.10. The van der Waals surface area contributed by atoms with E-state index in [1.165, 1.54) is 24.0 Å². The zero-order valence-electron chi connectivity index (χ0n) is 14.0. The van der Waals surface area contributed by atoms with Gasteiger partial charge in [0.05, 0.1) is 5.60 Å². The third-order valence-electron chi connectivity index (χ3n) is 2.66. The molecule has 0 aliphatic carbocycles. The summed E-state index contributed by atoms with van der Waals surface area (Å²) in [4.78, 5) is 0. The van der Waals surface area contributed by atoms with Crippen LogP contribution in [0.4, 0.5) is 0 Å². The molecule has 0 saturated carbocycles. The number of hydrogen-bond donors (Lipinski definition) is 0. The standard InChI is InChI=1S/C17H31O.Li/c1-15(2)11-10-13-16(3)12-8-7-9-14-18-17(4,5)6;/h11-12H,1,7-10,13-14H2,2-6H3;/q-1;+1/b15-11+,16-12-;. The SMILES string of the molecule is [CH2-]/C(C)=C\CC/C(C)=C\CCCCOC(C)(C)C.[Li+]. The number of rotatable bonds is 8. The molecule has 0 atom stereocenters. The van der Waals surface area contributed by atoms with Crippen LogP contribution in [0.15, 0.2) is 23.3 Å². The Morgan fingerprint density at radius 1 is 1.05 bits per heavy atom. The molecule has 0 rings (SSSR count). The second-order valence-corrected chi connectivity index (χ2v) is 6.10. The van der Waals surface area contributed by atoms with Crippen molar-refractivity contribution in [3.05, 3.63) is 30.2 Å². The van der Waals surface area contributed by atoms with Crippen LogP contribution in [0.2, 0.25) is 0 Å². The molecular weight excluding hydrogens is 227 g/mol. The van der Waals surface area contributed by atoms with Gasteiger partial charge in [-0.1, -0.05) is 25.0 Å². The van der Waals surface area contributed by atoms with Crippen LogP contribution in [0.25, 0.3) is 0 Å². The van der Waals surface area contributed by atoms with E-state index >= 15 is 0 Å². The van der Waals surface area contributed by atoms with E-state index < -0.39 is 0 Å². The molecule has 106 valence electrons. The Morgan fingerprint density at radius 3 is 2.21 bits per heavy atom. The third kappa shape index (κ3) is 17.9. The molecule has 19 heavy (non-hydrogen) atoms. The van der Waals surface area contributed by atoms with Crippen molar-refractivity contribution in [1.82, 2.24) is 0 Å². The summed E-state index contributed by atoms with van der Waals surface area (Å²) < 4.78 is 5.69. The summed E-state index contributed by atoms with van der Waals surface area (Å²) in [7, 11) is 0. The maximum Gasteiger partial charge on any atom is 1.00 e. The van der Waals surface area contributed by atoms with Crippen molar-refractivity contribution >= 4 is 0 Å².